The monoisotopic (exact) mass is 691 g/mol. The summed E-state index contributed by atoms with van der Waals surface area (Å²) in [6.07, 6.45) is 3.53. The maximum absolute atomic E-state index is 9.29. The van der Waals surface area contributed by atoms with Crippen molar-refractivity contribution in [3.05, 3.63) is 137 Å². The van der Waals surface area contributed by atoms with Crippen molar-refractivity contribution in [3.63, 3.8) is 0 Å². The molecular formula is C33H18IrN6-2. The Hall–Kier alpha value is -5.43. The number of rotatable bonds is 3. The zero-order chi connectivity index (χ0) is 27.6. The number of aromatic nitrogens is 2. The molecule has 40 heavy (non-hydrogen) atoms. The summed E-state index contributed by atoms with van der Waals surface area (Å²) >= 11 is 0. The summed E-state index contributed by atoms with van der Waals surface area (Å²) in [6, 6.07) is 37.2. The second-order valence-electron chi connectivity index (χ2n) is 8.22. The van der Waals surface area contributed by atoms with E-state index in [2.05, 4.69) is 45.1 Å². The Morgan fingerprint density at radius 2 is 1.40 bits per heavy atom. The molecule has 0 saturated heterocycles. The zero-order valence-corrected chi connectivity index (χ0v) is 23.6. The minimum Gasteiger partial charge on any atom is -0.304 e. The van der Waals surface area contributed by atoms with Gasteiger partial charge >= 0.3 is 0 Å². The Morgan fingerprint density at radius 1 is 0.725 bits per heavy atom. The van der Waals surface area contributed by atoms with Crippen LogP contribution in [0.4, 0.5) is 5.69 Å². The largest absolute Gasteiger partial charge is 0.304 e. The van der Waals surface area contributed by atoms with Crippen LogP contribution in [-0.4, -0.2) is 9.97 Å². The van der Waals surface area contributed by atoms with Crippen molar-refractivity contribution in [1.82, 2.24) is 9.97 Å². The quantitative estimate of drug-likeness (QED) is 0.186. The van der Waals surface area contributed by atoms with Gasteiger partial charge in [-0.15, -0.1) is 47.5 Å². The number of nitriles is 3. The van der Waals surface area contributed by atoms with Gasteiger partial charge in [0.1, 0.15) is 5.69 Å². The first kappa shape index (κ1) is 29.1. The summed E-state index contributed by atoms with van der Waals surface area (Å²) in [5, 5.41) is 27.6. The average Bonchev–Trinajstić information content (AvgIpc) is 3.01. The molecule has 0 spiro atoms. The molecule has 3 aromatic carbocycles. The fraction of sp³-hybridized carbons (Fsp3) is 0.0303. The normalized spacial score (nSPS) is 9.32. The average molecular weight is 691 g/mol. The Labute approximate surface area is 246 Å². The van der Waals surface area contributed by atoms with Gasteiger partial charge in [-0.2, -0.15) is 5.26 Å². The molecule has 0 fully saturated rings. The Balaban J connectivity index is 0.000000217. The van der Waals surface area contributed by atoms with Crippen LogP contribution in [0.1, 0.15) is 22.3 Å². The van der Waals surface area contributed by atoms with Gasteiger partial charge in [0.05, 0.1) is 12.6 Å². The van der Waals surface area contributed by atoms with E-state index in [0.717, 1.165) is 22.4 Å². The molecule has 0 aliphatic rings. The van der Waals surface area contributed by atoms with Crippen molar-refractivity contribution in [2.45, 2.75) is 6.92 Å². The molecule has 1 radical (unpaired) electrons. The van der Waals surface area contributed by atoms with Crippen LogP contribution in [0, 0.1) is 59.6 Å². The topological polar surface area (TPSA) is 102 Å². The molecule has 191 valence electrons. The van der Waals surface area contributed by atoms with Gasteiger partial charge in [-0.05, 0) is 51.7 Å². The third-order valence-corrected chi connectivity index (χ3v) is 5.70. The van der Waals surface area contributed by atoms with Gasteiger partial charge in [0, 0.05) is 44.6 Å². The van der Waals surface area contributed by atoms with Crippen LogP contribution in [0.25, 0.3) is 38.5 Å². The fourth-order valence-electron chi connectivity index (χ4n) is 3.74. The van der Waals surface area contributed by atoms with Crippen LogP contribution in [-0.2, 0) is 20.1 Å². The molecule has 7 heteroatoms. The number of hydrogen-bond acceptors (Lipinski definition) is 5. The standard InChI is InChI=1S/C17H12N.C16H6N5.Ir/c1-3-7-14(8-4-1)16-11-12-17(18-13-16)15-9-5-2-6-10-15;1-10-3-4-15(21-9-10)11-5-16(20-2)14(8-19)13(7-18)12(11)6-17;/h1-9,11-13H;3-4,9H,1H3;/q2*-1;. The molecule has 0 N–H and O–H groups in total. The van der Waals surface area contributed by atoms with Crippen molar-refractivity contribution in [2.75, 3.05) is 0 Å². The predicted octanol–water partition coefficient (Wildman–Crippen LogP) is 7.24. The van der Waals surface area contributed by atoms with E-state index < -0.39 is 0 Å². The SMILES string of the molecule is [C-]#[N+]c1[c-]c(-c2ccc(C)cn2)c(C#N)c(C#N)c1C#N.[Ir].[c-]1ccccc1-c1ccc(-c2ccccc2)cn1. The van der Waals surface area contributed by atoms with Crippen molar-refractivity contribution in [1.29, 1.82) is 15.8 Å². The van der Waals surface area contributed by atoms with E-state index >= 15 is 0 Å². The van der Waals surface area contributed by atoms with E-state index in [1.807, 2.05) is 73.8 Å². The van der Waals surface area contributed by atoms with Gasteiger partial charge in [0.15, 0.2) is 0 Å². The van der Waals surface area contributed by atoms with Gasteiger partial charge in [-0.25, -0.2) is 10.5 Å². The van der Waals surface area contributed by atoms with Gasteiger partial charge in [-0.3, -0.25) is 4.85 Å². The molecule has 6 nitrogen and oxygen atoms in total. The van der Waals surface area contributed by atoms with Crippen LogP contribution in [0.5, 0.6) is 0 Å². The van der Waals surface area contributed by atoms with Gasteiger partial charge < -0.3 is 9.97 Å². The van der Waals surface area contributed by atoms with E-state index in [1.54, 1.807) is 24.4 Å². The van der Waals surface area contributed by atoms with Crippen LogP contribution >= 0.6 is 0 Å². The van der Waals surface area contributed by atoms with Crippen LogP contribution in [0.3, 0.4) is 0 Å². The Morgan fingerprint density at radius 3 is 1.95 bits per heavy atom. The van der Waals surface area contributed by atoms with E-state index in [-0.39, 0.29) is 48.0 Å². The van der Waals surface area contributed by atoms with E-state index in [4.69, 9.17) is 11.8 Å². The van der Waals surface area contributed by atoms with Crippen molar-refractivity contribution in [2.24, 2.45) is 0 Å². The molecule has 2 heterocycles. The Bertz CT molecular complexity index is 1710. The van der Waals surface area contributed by atoms with Gasteiger partial charge in [0.2, 0.25) is 0 Å². The third kappa shape index (κ3) is 6.52. The molecule has 5 rings (SSSR count). The fourth-order valence-corrected chi connectivity index (χ4v) is 3.74. The molecule has 0 unspecified atom stereocenters. The Kier molecular flexibility index (Phi) is 10.1. The van der Waals surface area contributed by atoms with Gasteiger partial charge in [0.25, 0.3) is 0 Å². The van der Waals surface area contributed by atoms with Crippen LogP contribution in [0.15, 0.2) is 91.3 Å². The maximum atomic E-state index is 9.29. The van der Waals surface area contributed by atoms with Gasteiger partial charge in [-0.1, -0.05) is 54.6 Å². The molecule has 2 aromatic heterocycles. The molecule has 0 aliphatic carbocycles. The zero-order valence-electron chi connectivity index (χ0n) is 21.2. The first-order chi connectivity index (χ1) is 19.1. The summed E-state index contributed by atoms with van der Waals surface area (Å²) in [5.41, 5.74) is 5.64. The third-order valence-electron chi connectivity index (χ3n) is 5.70. The summed E-state index contributed by atoms with van der Waals surface area (Å²) in [4.78, 5) is 11.9. The molecule has 0 aliphatic heterocycles. The summed E-state index contributed by atoms with van der Waals surface area (Å²) in [7, 11) is 0. The summed E-state index contributed by atoms with van der Waals surface area (Å²) in [6.45, 7) is 8.98. The second kappa shape index (κ2) is 13.9. The number of benzene rings is 3. The predicted molar refractivity (Wildman–Crippen MR) is 148 cm³/mol. The number of hydrogen-bond donors (Lipinski definition) is 0. The molecular weight excluding hydrogens is 673 g/mol. The molecule has 0 saturated carbocycles. The van der Waals surface area contributed by atoms with E-state index in [0.29, 0.717) is 5.69 Å². The number of pyridine rings is 2. The van der Waals surface area contributed by atoms with Crippen molar-refractivity contribution < 1.29 is 20.1 Å². The summed E-state index contributed by atoms with van der Waals surface area (Å²) in [5.74, 6) is 0. The minimum atomic E-state index is -0.125. The van der Waals surface area contributed by atoms with Crippen LogP contribution in [0.2, 0.25) is 0 Å². The van der Waals surface area contributed by atoms with E-state index in [9.17, 15) is 10.5 Å². The summed E-state index contributed by atoms with van der Waals surface area (Å²) < 4.78 is 0. The van der Waals surface area contributed by atoms with Crippen LogP contribution < -0.4 is 0 Å². The molecule has 0 amide bonds. The molecule has 0 bridgehead atoms. The second-order valence-corrected chi connectivity index (χ2v) is 8.22. The smallest absolute Gasteiger partial charge is 0.124 e. The minimum absolute atomic E-state index is 0. The number of aryl methyl sites for hydroxylation is 1. The molecule has 0 atom stereocenters. The van der Waals surface area contributed by atoms with E-state index in [1.165, 1.54) is 5.56 Å². The number of nitrogens with zero attached hydrogens (tertiary/aromatic N) is 6. The molecule has 5 aromatic rings. The van der Waals surface area contributed by atoms with Crippen molar-refractivity contribution >= 4 is 5.69 Å². The first-order valence-corrected chi connectivity index (χ1v) is 11.7. The first-order valence-electron chi connectivity index (χ1n) is 11.7. The maximum Gasteiger partial charge on any atom is 0.124 e. The van der Waals surface area contributed by atoms with Crippen molar-refractivity contribution in [3.8, 4) is 51.8 Å².